The Kier molecular flexibility index (Phi) is 17.0. The molecule has 20 heteroatoms. The smallest absolute Gasteiger partial charge is 0.369 e. The fourth-order valence-corrected chi connectivity index (χ4v) is 10.7. The highest BCUT2D eigenvalue weighted by atomic mass is 79.9. The number of aromatic nitrogens is 2. The highest BCUT2D eigenvalue weighted by Crippen LogP contribution is 2.42. The van der Waals surface area contributed by atoms with Gasteiger partial charge in [0.05, 0.1) is 22.2 Å². The van der Waals surface area contributed by atoms with Crippen molar-refractivity contribution in [3.8, 4) is 40.0 Å². The molecule has 7 rings (SSSR count). The third-order valence-electron chi connectivity index (χ3n) is 14.0. The van der Waals surface area contributed by atoms with Crippen LogP contribution in [0, 0.1) is 34.0 Å². The van der Waals surface area contributed by atoms with Crippen LogP contribution >= 0.6 is 15.9 Å². The van der Waals surface area contributed by atoms with Crippen molar-refractivity contribution in [2.24, 2.45) is 17.3 Å². The Morgan fingerprint density at radius 2 is 1.86 bits per heavy atom. The molecule has 3 aliphatic rings. The van der Waals surface area contributed by atoms with E-state index in [-0.39, 0.29) is 50.9 Å². The molecule has 0 aliphatic carbocycles. The monoisotopic (exact) mass is 1070 g/mol. The predicted molar refractivity (Wildman–Crippen MR) is 275 cm³/mol. The van der Waals surface area contributed by atoms with Gasteiger partial charge in [-0.25, -0.2) is 9.74 Å². The highest BCUT2D eigenvalue weighted by Gasteiger charge is 2.42. The van der Waals surface area contributed by atoms with E-state index in [1.54, 1.807) is 45.2 Å². The standard InChI is InChI=1S/C53H66BrF2N9O8/c1-10-63-42-16-15-34-27-39(42)40(48(63)38-13-11-20-57-46(38)43(29-54)72-9)28-52(4,5)31-73-65(71)44-14-12-21-64(59-44)51(70)41(25-33-23-36(34)26-37(66)24-33)58-49(68)47(32(2)3)61(8)50(69)35-18-22-62(30-35)45(67)17-19-53(55,56)60(6)7/h11,13,15-16,20,23-24,26-27,32,35,41,43-44,47,59H,10,12,14,18,21-22,25,28-31H2,1-9H3,(H-,58,66,68)/p+1/t35-,41?,43-,44+,47-/m0/s1. The van der Waals surface area contributed by atoms with Gasteiger partial charge in [-0.15, -0.1) is 0 Å². The van der Waals surface area contributed by atoms with Crippen LogP contribution in [0.2, 0.25) is 0 Å². The molecule has 392 valence electrons. The van der Waals surface area contributed by atoms with E-state index in [4.69, 9.17) is 14.6 Å². The Morgan fingerprint density at radius 3 is 2.55 bits per heavy atom. The number of nitrogens with one attached hydrogen (secondary N) is 2. The van der Waals surface area contributed by atoms with Gasteiger partial charge in [-0.2, -0.15) is 14.2 Å². The van der Waals surface area contributed by atoms with E-state index in [0.29, 0.717) is 52.1 Å². The molecule has 6 bridgehead atoms. The molecule has 2 saturated heterocycles. The van der Waals surface area contributed by atoms with Gasteiger partial charge in [0, 0.05) is 92.5 Å². The number of phenols is 1. The number of likely N-dealkylation sites (N-methyl/N-ethyl adjacent to an activating group) is 1. The van der Waals surface area contributed by atoms with Crippen LogP contribution in [0.15, 0.2) is 54.7 Å². The molecular weight excluding hydrogens is 1010 g/mol. The number of likely N-dealkylation sites (tertiary alicyclic amines) is 1. The molecule has 73 heavy (non-hydrogen) atoms. The summed E-state index contributed by atoms with van der Waals surface area (Å²) in [4.78, 5) is 84.7. The normalized spacial score (nSPS) is 20.3. The minimum absolute atomic E-state index is 0.0267. The van der Waals surface area contributed by atoms with Crippen molar-refractivity contribution < 1.29 is 47.6 Å². The van der Waals surface area contributed by atoms with Gasteiger partial charge in [0.1, 0.15) is 23.9 Å². The maximum atomic E-state index is 14.8. The van der Waals surface area contributed by atoms with Crippen molar-refractivity contribution >= 4 is 50.5 Å². The number of amides is 4. The van der Waals surface area contributed by atoms with Gasteiger partial charge >= 0.3 is 12.2 Å². The van der Waals surface area contributed by atoms with Gasteiger partial charge in [0.15, 0.2) is 6.61 Å². The third-order valence-corrected chi connectivity index (χ3v) is 14.6. The molecule has 2 aromatic carbocycles. The topological polar surface area (TPSA) is 182 Å². The molecule has 4 amide bonds. The van der Waals surface area contributed by atoms with Crippen LogP contribution in [0.4, 0.5) is 8.78 Å². The lowest BCUT2D eigenvalue weighted by atomic mass is 9.84. The first-order valence-corrected chi connectivity index (χ1v) is 25.8. The van der Waals surface area contributed by atoms with Crippen molar-refractivity contribution in [1.29, 1.82) is 0 Å². The third kappa shape index (κ3) is 12.0. The molecule has 2 fully saturated rings. The summed E-state index contributed by atoms with van der Waals surface area (Å²) in [6, 6.07) is 9.31. The Morgan fingerprint density at radius 1 is 1.11 bits per heavy atom. The van der Waals surface area contributed by atoms with Gasteiger partial charge in [0.2, 0.25) is 16.7 Å². The molecule has 1 unspecified atom stereocenters. The van der Waals surface area contributed by atoms with E-state index in [2.05, 4.69) is 50.3 Å². The van der Waals surface area contributed by atoms with E-state index >= 15 is 0 Å². The summed E-state index contributed by atoms with van der Waals surface area (Å²) in [6.45, 7) is 10.6. The minimum Gasteiger partial charge on any atom is -0.508 e. The van der Waals surface area contributed by atoms with Gasteiger partial charge < -0.3 is 29.5 Å². The number of phenolic OH excluding ortho intramolecular Hbond substituents is 1. The maximum absolute atomic E-state index is 14.8. The predicted octanol–water partition coefficient (Wildman–Crippen LogP) is 6.44. The van der Waals surface area contributed by atoms with Crippen molar-refractivity contribution in [3.05, 3.63) is 76.5 Å². The van der Waals surface area contributed by atoms with Crippen LogP contribution in [-0.2, 0) is 48.1 Å². The lowest BCUT2D eigenvalue weighted by Crippen LogP contribution is -2.62. The second kappa shape index (κ2) is 22.6. The zero-order valence-corrected chi connectivity index (χ0v) is 44.6. The summed E-state index contributed by atoms with van der Waals surface area (Å²) in [7, 11) is 5.42. The quantitative estimate of drug-likeness (QED) is 0.0855. The molecule has 5 atom stereocenters. The zero-order valence-electron chi connectivity index (χ0n) is 43.0. The van der Waals surface area contributed by atoms with E-state index < -0.39 is 65.2 Å². The number of aryl methyl sites for hydroxylation is 1. The number of rotatable bonds is 11. The molecule has 3 aliphatic heterocycles. The molecule has 0 saturated carbocycles. The van der Waals surface area contributed by atoms with Crippen LogP contribution in [0.3, 0.4) is 0 Å². The Hall–Kier alpha value is -6.01. The van der Waals surface area contributed by atoms with Crippen LogP contribution in [0.1, 0.15) is 76.8 Å². The van der Waals surface area contributed by atoms with E-state index in [0.717, 1.165) is 53.1 Å². The summed E-state index contributed by atoms with van der Waals surface area (Å²) < 4.78 is 36.4. The number of fused-ring (bicyclic) bond motifs is 6. The van der Waals surface area contributed by atoms with E-state index in [1.807, 2.05) is 44.0 Å². The Bertz CT molecular complexity index is 2810. The first-order valence-electron chi connectivity index (χ1n) is 24.7. The fraction of sp³-hybridized carbons (Fsp3) is 0.528. The number of halogens is 3. The Balaban J connectivity index is 1.26. The molecule has 5 heterocycles. The van der Waals surface area contributed by atoms with Crippen LogP contribution in [0.5, 0.6) is 5.75 Å². The number of hydrogen-bond acceptors (Lipinski definition) is 11. The number of carbonyl (C=O) groups is 4. The lowest BCUT2D eigenvalue weighted by molar-refractivity contribution is -0.835. The number of pyridine rings is 1. The highest BCUT2D eigenvalue weighted by molar-refractivity contribution is 9.09. The summed E-state index contributed by atoms with van der Waals surface area (Å²) in [5, 5.41) is 17.1. The van der Waals surface area contributed by atoms with Crippen LogP contribution in [0.25, 0.3) is 33.3 Å². The second-order valence-electron chi connectivity index (χ2n) is 20.5. The van der Waals surface area contributed by atoms with Gasteiger partial charge in [-0.05, 0) is 111 Å². The number of hydrazine groups is 1. The van der Waals surface area contributed by atoms with Crippen LogP contribution < -0.4 is 10.7 Å². The summed E-state index contributed by atoms with van der Waals surface area (Å²) >= 11 is 3.62. The number of alkyl halides is 3. The van der Waals surface area contributed by atoms with Crippen molar-refractivity contribution in [3.63, 3.8) is 0 Å². The number of nitrogens with zero attached hydrogens (tertiary/aromatic N) is 7. The first-order chi connectivity index (χ1) is 34.6. The number of ether oxygens (including phenoxy) is 1. The largest absolute Gasteiger partial charge is 0.508 e. The average Bonchev–Trinajstić information content (AvgIpc) is 3.97. The second-order valence-corrected chi connectivity index (χ2v) is 21.2. The molecule has 2 aromatic heterocycles. The summed E-state index contributed by atoms with van der Waals surface area (Å²) in [5.74, 6) is -0.00764. The van der Waals surface area contributed by atoms with Crippen LogP contribution in [-0.4, -0.2) is 147 Å². The van der Waals surface area contributed by atoms with Crippen molar-refractivity contribution in [1.82, 2.24) is 40.0 Å². The molecule has 17 nitrogen and oxygen atoms in total. The van der Waals surface area contributed by atoms with E-state index in [9.17, 15) is 38.0 Å². The molecule has 0 radical (unpaired) electrons. The van der Waals surface area contributed by atoms with Gasteiger partial charge in [0.25, 0.3) is 11.8 Å². The van der Waals surface area contributed by atoms with Gasteiger partial charge in [-0.3, -0.25) is 29.2 Å². The molecule has 3 N–H and O–H groups in total. The fourth-order valence-electron chi connectivity index (χ4n) is 10.1. The molecular formula is C53H67BrF2N9O8+. The minimum atomic E-state index is -3.52. The molecule has 0 spiro atoms. The maximum Gasteiger partial charge on any atom is 0.369 e. The number of methoxy groups -OCH3 is 1. The van der Waals surface area contributed by atoms with Gasteiger partial charge in [-0.1, -0.05) is 55.8 Å². The zero-order chi connectivity index (χ0) is 53.1. The Labute approximate surface area is 433 Å². The van der Waals surface area contributed by atoms with E-state index in [1.165, 1.54) is 21.9 Å². The average molecular weight is 1080 g/mol. The lowest BCUT2D eigenvalue weighted by Gasteiger charge is -2.35. The number of hydrogen-bond donors (Lipinski definition) is 3. The number of aromatic hydroxyl groups is 1. The van der Waals surface area contributed by atoms with Crippen molar-refractivity contribution in [2.45, 2.75) is 104 Å². The van der Waals surface area contributed by atoms with Crippen molar-refractivity contribution in [2.75, 3.05) is 59.8 Å². The molecule has 4 aromatic rings. The first kappa shape index (κ1) is 54.8. The number of benzene rings is 2. The SMILES string of the molecule is CCn1c(-c2cccnc2[C@H](CBr)OC)c2c3cc(ccc31)-c1cc(O)cc(c1)CC(NC(=O)[C@H](C(C)C)N(C)C(=O)[C@H]1CCN(C(=O)C#CC(F)(F)N(C)C)C1)C(=O)N1CCC[C@H](N1)[N+](=O)OCC(C)(C)C2. The number of carbonyl (C=O) groups excluding carboxylic acids is 4. The summed E-state index contributed by atoms with van der Waals surface area (Å²) in [5.41, 5.74) is 9.04. The summed E-state index contributed by atoms with van der Waals surface area (Å²) in [6.07, 6.45) is 1.89.